The van der Waals surface area contributed by atoms with Gasteiger partial charge in [0.05, 0.1) is 0 Å². The lowest BCUT2D eigenvalue weighted by Gasteiger charge is -2.07. The molecule has 0 aliphatic carbocycles. The SMILES string of the molecule is CN(C)/C(Cl)=N/P(Cl)Cl. The normalized spacial score (nSPS) is 12.4. The highest BCUT2D eigenvalue weighted by molar-refractivity contribution is 8.03. The molecule has 0 saturated carbocycles. The Hall–Kier alpha value is 0.770. The minimum atomic E-state index is -1.31. The predicted octanol–water partition coefficient (Wildman–Crippen LogP) is 2.85. The Balaban J connectivity index is 3.84. The quantitative estimate of drug-likeness (QED) is 0.279. The Labute approximate surface area is 70.2 Å². The first kappa shape index (κ1) is 9.77. The molecule has 0 aromatic heterocycles. The first-order chi connectivity index (χ1) is 4.04. The molecule has 0 aromatic rings. The highest BCUT2D eigenvalue weighted by Gasteiger charge is 1.99. The molecule has 0 amide bonds. The van der Waals surface area contributed by atoms with E-state index in [0.717, 1.165) is 0 Å². The number of hydrogen-bond donors (Lipinski definition) is 0. The van der Waals surface area contributed by atoms with E-state index < -0.39 is 6.78 Å². The summed E-state index contributed by atoms with van der Waals surface area (Å²) in [6.45, 7) is -1.31. The third-order valence-corrected chi connectivity index (χ3v) is 1.86. The molecular formula is C3H6Cl3N2P. The molecule has 0 aromatic carbocycles. The zero-order valence-electron chi connectivity index (χ0n) is 4.98. The van der Waals surface area contributed by atoms with Crippen molar-refractivity contribution < 1.29 is 0 Å². The summed E-state index contributed by atoms with van der Waals surface area (Å²) in [4.78, 5) is 1.63. The van der Waals surface area contributed by atoms with E-state index in [0.29, 0.717) is 5.29 Å². The van der Waals surface area contributed by atoms with Crippen LogP contribution in [0.3, 0.4) is 0 Å². The highest BCUT2D eigenvalue weighted by atomic mass is 35.9. The van der Waals surface area contributed by atoms with Gasteiger partial charge in [-0.05, 0) is 11.6 Å². The van der Waals surface area contributed by atoms with Crippen LogP contribution in [-0.4, -0.2) is 24.3 Å². The van der Waals surface area contributed by atoms with Crippen LogP contribution in [-0.2, 0) is 0 Å². The van der Waals surface area contributed by atoms with Crippen molar-refractivity contribution in [1.82, 2.24) is 4.90 Å². The topological polar surface area (TPSA) is 15.6 Å². The van der Waals surface area contributed by atoms with Gasteiger partial charge in [0, 0.05) is 14.1 Å². The van der Waals surface area contributed by atoms with E-state index in [9.17, 15) is 0 Å². The second-order valence-electron chi connectivity index (χ2n) is 1.48. The zero-order valence-corrected chi connectivity index (χ0v) is 8.14. The molecule has 0 radical (unpaired) electrons. The Morgan fingerprint density at radius 3 is 2.00 bits per heavy atom. The van der Waals surface area contributed by atoms with Gasteiger partial charge in [0.2, 0.25) is 6.78 Å². The fourth-order valence-corrected chi connectivity index (χ4v) is 1.34. The molecule has 0 heterocycles. The third kappa shape index (κ3) is 5.23. The van der Waals surface area contributed by atoms with E-state index in [1.54, 1.807) is 19.0 Å². The fraction of sp³-hybridized carbons (Fsp3) is 0.667. The maximum atomic E-state index is 5.53. The molecule has 9 heavy (non-hydrogen) atoms. The molecule has 0 aliphatic heterocycles. The molecule has 0 aliphatic rings. The Kier molecular flexibility index (Phi) is 4.96. The molecule has 2 nitrogen and oxygen atoms in total. The van der Waals surface area contributed by atoms with Crippen LogP contribution in [0.1, 0.15) is 0 Å². The molecule has 54 valence electrons. The third-order valence-electron chi connectivity index (χ3n) is 0.527. The predicted molar refractivity (Wildman–Crippen MR) is 45.6 cm³/mol. The minimum absolute atomic E-state index is 0.325. The van der Waals surface area contributed by atoms with Crippen molar-refractivity contribution in [1.29, 1.82) is 0 Å². The molecule has 0 rings (SSSR count). The van der Waals surface area contributed by atoms with Gasteiger partial charge < -0.3 is 4.90 Å². The Morgan fingerprint density at radius 1 is 1.44 bits per heavy atom. The van der Waals surface area contributed by atoms with Gasteiger partial charge in [0.15, 0.2) is 5.29 Å². The Bertz CT molecular complexity index is 114. The summed E-state index contributed by atoms with van der Waals surface area (Å²) in [5.74, 6) is 0. The van der Waals surface area contributed by atoms with Crippen LogP contribution in [0.15, 0.2) is 4.76 Å². The number of amidine groups is 1. The van der Waals surface area contributed by atoms with E-state index in [2.05, 4.69) is 4.76 Å². The number of nitrogens with zero attached hydrogens (tertiary/aromatic N) is 2. The summed E-state index contributed by atoms with van der Waals surface area (Å²) in [7, 11) is 3.52. The van der Waals surface area contributed by atoms with Crippen molar-refractivity contribution >= 4 is 46.2 Å². The van der Waals surface area contributed by atoms with Crippen molar-refractivity contribution in [2.45, 2.75) is 0 Å². The fourth-order valence-electron chi connectivity index (χ4n) is 0.152. The van der Waals surface area contributed by atoms with E-state index in [1.807, 2.05) is 0 Å². The lowest BCUT2D eigenvalue weighted by molar-refractivity contribution is 0.637. The summed E-state index contributed by atoms with van der Waals surface area (Å²) >= 11 is 16.2. The van der Waals surface area contributed by atoms with Crippen molar-refractivity contribution in [2.75, 3.05) is 14.1 Å². The molecule has 0 atom stereocenters. The average Bonchev–Trinajstić information content (AvgIpc) is 1.63. The van der Waals surface area contributed by atoms with Crippen molar-refractivity contribution in [2.24, 2.45) is 4.76 Å². The maximum absolute atomic E-state index is 5.53. The van der Waals surface area contributed by atoms with Crippen molar-refractivity contribution in [3.05, 3.63) is 0 Å². The lowest BCUT2D eigenvalue weighted by Crippen LogP contribution is -2.15. The number of halogens is 3. The lowest BCUT2D eigenvalue weighted by atomic mass is 11.0. The van der Waals surface area contributed by atoms with Crippen LogP contribution in [0.25, 0.3) is 0 Å². The summed E-state index contributed by atoms with van der Waals surface area (Å²) in [5, 5.41) is 0.325. The molecule has 6 heteroatoms. The smallest absolute Gasteiger partial charge is 0.209 e. The van der Waals surface area contributed by atoms with E-state index >= 15 is 0 Å². The standard InChI is InChI=1S/C3H6Cl3N2P/c1-8(2)3(4)7-9(5)6/h1-2H3/b7-3+. The van der Waals surface area contributed by atoms with E-state index in [-0.39, 0.29) is 0 Å². The van der Waals surface area contributed by atoms with Crippen LogP contribution in [0, 0.1) is 0 Å². The van der Waals surface area contributed by atoms with Gasteiger partial charge in [0.25, 0.3) is 0 Å². The molecule has 0 spiro atoms. The summed E-state index contributed by atoms with van der Waals surface area (Å²) in [6.07, 6.45) is 0. The molecule has 0 unspecified atom stereocenters. The summed E-state index contributed by atoms with van der Waals surface area (Å²) < 4.78 is 3.68. The van der Waals surface area contributed by atoms with Gasteiger partial charge in [-0.2, -0.15) is 0 Å². The van der Waals surface area contributed by atoms with Gasteiger partial charge in [-0.25, -0.2) is 4.76 Å². The summed E-state index contributed by atoms with van der Waals surface area (Å²) in [6, 6.07) is 0. The van der Waals surface area contributed by atoms with E-state index in [1.165, 1.54) is 0 Å². The second kappa shape index (κ2) is 4.56. The average molecular weight is 207 g/mol. The number of hydrogen-bond acceptors (Lipinski definition) is 1. The monoisotopic (exact) mass is 206 g/mol. The molecule has 0 N–H and O–H groups in total. The first-order valence-electron chi connectivity index (χ1n) is 2.07. The zero-order chi connectivity index (χ0) is 7.44. The second-order valence-corrected chi connectivity index (χ2v) is 4.89. The molecule has 0 bridgehead atoms. The van der Waals surface area contributed by atoms with Crippen LogP contribution in [0.4, 0.5) is 0 Å². The summed E-state index contributed by atoms with van der Waals surface area (Å²) in [5.41, 5.74) is 0. The maximum Gasteiger partial charge on any atom is 0.209 e. The highest BCUT2D eigenvalue weighted by Crippen LogP contribution is 2.48. The first-order valence-corrected chi connectivity index (χ1v) is 5.55. The van der Waals surface area contributed by atoms with Crippen LogP contribution >= 0.6 is 40.9 Å². The van der Waals surface area contributed by atoms with Gasteiger partial charge in [0.1, 0.15) is 0 Å². The van der Waals surface area contributed by atoms with Crippen molar-refractivity contribution in [3.63, 3.8) is 0 Å². The van der Waals surface area contributed by atoms with Gasteiger partial charge >= 0.3 is 0 Å². The van der Waals surface area contributed by atoms with Crippen LogP contribution < -0.4 is 0 Å². The largest absolute Gasteiger partial charge is 0.353 e. The molecule has 0 fully saturated rings. The molecular weight excluding hydrogens is 201 g/mol. The van der Waals surface area contributed by atoms with Crippen molar-refractivity contribution in [3.8, 4) is 0 Å². The van der Waals surface area contributed by atoms with Crippen LogP contribution in [0.2, 0.25) is 0 Å². The van der Waals surface area contributed by atoms with E-state index in [4.69, 9.17) is 34.1 Å². The van der Waals surface area contributed by atoms with Gasteiger partial charge in [-0.1, -0.05) is 22.5 Å². The Morgan fingerprint density at radius 2 is 1.89 bits per heavy atom. The molecule has 0 saturated heterocycles. The van der Waals surface area contributed by atoms with Crippen LogP contribution in [0.5, 0.6) is 0 Å². The van der Waals surface area contributed by atoms with Gasteiger partial charge in [-0.15, -0.1) is 0 Å². The number of rotatable bonds is 1. The van der Waals surface area contributed by atoms with Gasteiger partial charge in [-0.3, -0.25) is 0 Å². The minimum Gasteiger partial charge on any atom is -0.353 e.